The maximum atomic E-state index is 14.7. The summed E-state index contributed by atoms with van der Waals surface area (Å²) in [5.74, 6) is -0.167. The highest BCUT2D eigenvalue weighted by Gasteiger charge is 2.35. The molecule has 5 rings (SSSR count). The van der Waals surface area contributed by atoms with Gasteiger partial charge in [-0.25, -0.2) is 8.42 Å². The average molecular weight is 654 g/mol. The zero-order valence-corrected chi connectivity index (χ0v) is 28.1. The van der Waals surface area contributed by atoms with Crippen LogP contribution >= 0.6 is 0 Å². The summed E-state index contributed by atoms with van der Waals surface area (Å²) in [4.78, 5) is 30.4. The summed E-state index contributed by atoms with van der Waals surface area (Å²) in [6.45, 7) is 3.49. The number of ether oxygens (including phenoxy) is 1. The van der Waals surface area contributed by atoms with Crippen LogP contribution in [0.1, 0.15) is 47.9 Å². The zero-order chi connectivity index (χ0) is 33.4. The zero-order valence-electron chi connectivity index (χ0n) is 27.3. The molecule has 1 fully saturated rings. The standard InChI is InChI=1S/C38H43N3O5S/c1-28-16-22-35(23-17-28)47(44,45)41(33-18-20-34(46-3)21-19-33)27-37(42)40(26-31-13-9-10-29(2)24-31)36(25-30-11-5-4-6-12-30)38(43)39-32-14-7-8-15-32/h4-6,9-13,16-24,32,36H,7-8,14-15,25-27H2,1-3H3,(H,39,43). The first kappa shape index (κ1) is 33.7. The molecular weight excluding hydrogens is 611 g/mol. The average Bonchev–Trinajstić information content (AvgIpc) is 3.59. The van der Waals surface area contributed by atoms with Crippen LogP contribution in [0, 0.1) is 13.8 Å². The molecule has 47 heavy (non-hydrogen) atoms. The van der Waals surface area contributed by atoms with Crippen LogP contribution in [0.15, 0.2) is 108 Å². The molecule has 0 heterocycles. The molecule has 1 N–H and O–H groups in total. The second kappa shape index (κ2) is 15.3. The molecule has 0 bridgehead atoms. The molecule has 1 saturated carbocycles. The summed E-state index contributed by atoms with van der Waals surface area (Å²) in [5, 5.41) is 3.21. The number of sulfonamides is 1. The van der Waals surface area contributed by atoms with Gasteiger partial charge in [-0.05, 0) is 74.2 Å². The molecule has 2 amide bonds. The fourth-order valence-corrected chi connectivity index (χ4v) is 7.46. The van der Waals surface area contributed by atoms with Crippen LogP contribution in [0.2, 0.25) is 0 Å². The van der Waals surface area contributed by atoms with Crippen LogP contribution in [0.3, 0.4) is 0 Å². The van der Waals surface area contributed by atoms with Gasteiger partial charge in [0.2, 0.25) is 11.8 Å². The molecule has 1 aliphatic carbocycles. The maximum absolute atomic E-state index is 14.7. The van der Waals surface area contributed by atoms with Gasteiger partial charge in [-0.15, -0.1) is 0 Å². The predicted octanol–water partition coefficient (Wildman–Crippen LogP) is 6.21. The predicted molar refractivity (Wildman–Crippen MR) is 185 cm³/mol. The van der Waals surface area contributed by atoms with E-state index in [-0.39, 0.29) is 29.8 Å². The van der Waals surface area contributed by atoms with E-state index >= 15 is 0 Å². The first-order valence-electron chi connectivity index (χ1n) is 16.1. The number of carbonyl (C=O) groups excluding carboxylic acids is 2. The van der Waals surface area contributed by atoms with E-state index < -0.39 is 28.5 Å². The Morgan fingerprint density at radius 1 is 0.830 bits per heavy atom. The second-order valence-electron chi connectivity index (χ2n) is 12.2. The van der Waals surface area contributed by atoms with Gasteiger partial charge in [-0.2, -0.15) is 0 Å². The molecule has 0 spiro atoms. The van der Waals surface area contributed by atoms with Crippen LogP contribution in [-0.2, 0) is 32.6 Å². The largest absolute Gasteiger partial charge is 0.497 e. The Bertz CT molecular complexity index is 1750. The van der Waals surface area contributed by atoms with Crippen LogP contribution in [0.5, 0.6) is 5.75 Å². The third-order valence-electron chi connectivity index (χ3n) is 8.66. The van der Waals surface area contributed by atoms with Crippen LogP contribution in [0.4, 0.5) is 5.69 Å². The van der Waals surface area contributed by atoms with Crippen molar-refractivity contribution in [3.8, 4) is 5.75 Å². The van der Waals surface area contributed by atoms with Crippen molar-refractivity contribution in [1.82, 2.24) is 10.2 Å². The minimum Gasteiger partial charge on any atom is -0.497 e. The van der Waals surface area contributed by atoms with E-state index in [1.165, 1.54) is 7.11 Å². The van der Waals surface area contributed by atoms with E-state index in [1.54, 1.807) is 53.4 Å². The van der Waals surface area contributed by atoms with Crippen molar-refractivity contribution in [3.05, 3.63) is 125 Å². The molecule has 1 aliphatic rings. The summed E-state index contributed by atoms with van der Waals surface area (Å²) >= 11 is 0. The molecule has 4 aromatic rings. The van der Waals surface area contributed by atoms with E-state index in [0.29, 0.717) is 11.4 Å². The number of nitrogens with zero attached hydrogens (tertiary/aromatic N) is 2. The van der Waals surface area contributed by atoms with Crippen molar-refractivity contribution in [2.24, 2.45) is 0 Å². The topological polar surface area (TPSA) is 96.0 Å². The van der Waals surface area contributed by atoms with Gasteiger partial charge < -0.3 is 15.0 Å². The summed E-state index contributed by atoms with van der Waals surface area (Å²) in [7, 11) is -2.64. The number of nitrogens with one attached hydrogen (secondary N) is 1. The molecule has 0 saturated heterocycles. The van der Waals surface area contributed by atoms with Crippen molar-refractivity contribution in [2.45, 2.75) is 69.5 Å². The van der Waals surface area contributed by atoms with Gasteiger partial charge in [0.25, 0.3) is 10.0 Å². The number of anilines is 1. The Kier molecular flexibility index (Phi) is 11.0. The van der Waals surface area contributed by atoms with E-state index in [4.69, 9.17) is 4.74 Å². The van der Waals surface area contributed by atoms with Crippen LogP contribution < -0.4 is 14.4 Å². The first-order chi connectivity index (χ1) is 22.6. The monoisotopic (exact) mass is 653 g/mol. The third kappa shape index (κ3) is 8.60. The molecule has 246 valence electrons. The Morgan fingerprint density at radius 3 is 2.13 bits per heavy atom. The van der Waals surface area contributed by atoms with Crippen molar-refractivity contribution < 1.29 is 22.7 Å². The van der Waals surface area contributed by atoms with Crippen molar-refractivity contribution in [3.63, 3.8) is 0 Å². The van der Waals surface area contributed by atoms with Gasteiger partial charge in [0.05, 0.1) is 17.7 Å². The molecule has 0 radical (unpaired) electrons. The lowest BCUT2D eigenvalue weighted by Crippen LogP contribution is -2.54. The van der Waals surface area contributed by atoms with E-state index in [9.17, 15) is 18.0 Å². The number of benzene rings is 4. The second-order valence-corrected chi connectivity index (χ2v) is 14.1. The van der Waals surface area contributed by atoms with Crippen LogP contribution in [0.25, 0.3) is 0 Å². The quantitative estimate of drug-likeness (QED) is 0.185. The van der Waals surface area contributed by atoms with E-state index in [0.717, 1.165) is 52.2 Å². The Hall–Kier alpha value is -4.63. The van der Waals surface area contributed by atoms with Crippen molar-refractivity contribution in [1.29, 1.82) is 0 Å². The normalized spacial score (nSPS) is 13.9. The summed E-state index contributed by atoms with van der Waals surface area (Å²) in [6, 6.07) is 29.7. The minimum absolute atomic E-state index is 0.0504. The highest BCUT2D eigenvalue weighted by molar-refractivity contribution is 7.92. The number of methoxy groups -OCH3 is 1. The first-order valence-corrected chi connectivity index (χ1v) is 17.5. The number of carbonyl (C=O) groups is 2. The number of hydrogen-bond acceptors (Lipinski definition) is 5. The number of amides is 2. The Labute approximate surface area is 278 Å². The highest BCUT2D eigenvalue weighted by atomic mass is 32.2. The van der Waals surface area contributed by atoms with E-state index in [2.05, 4.69) is 5.32 Å². The maximum Gasteiger partial charge on any atom is 0.264 e. The summed E-state index contributed by atoms with van der Waals surface area (Å²) < 4.78 is 34.9. The van der Waals surface area contributed by atoms with Gasteiger partial charge in [0.15, 0.2) is 0 Å². The third-order valence-corrected chi connectivity index (χ3v) is 10.4. The van der Waals surface area contributed by atoms with Gasteiger partial charge in [-0.1, -0.05) is 90.7 Å². The number of aryl methyl sites for hydroxylation is 2. The molecule has 4 aromatic carbocycles. The highest BCUT2D eigenvalue weighted by Crippen LogP contribution is 2.27. The lowest BCUT2D eigenvalue weighted by molar-refractivity contribution is -0.140. The molecular formula is C38H43N3O5S. The number of rotatable bonds is 13. The van der Waals surface area contributed by atoms with Gasteiger partial charge in [-0.3, -0.25) is 13.9 Å². The van der Waals surface area contributed by atoms with E-state index in [1.807, 2.05) is 68.4 Å². The van der Waals surface area contributed by atoms with Crippen molar-refractivity contribution in [2.75, 3.05) is 18.0 Å². The van der Waals surface area contributed by atoms with Crippen LogP contribution in [-0.4, -0.2) is 50.9 Å². The smallest absolute Gasteiger partial charge is 0.264 e. The Balaban J connectivity index is 1.56. The summed E-state index contributed by atoms with van der Waals surface area (Å²) in [5.41, 5.74) is 4.00. The summed E-state index contributed by atoms with van der Waals surface area (Å²) in [6.07, 6.45) is 4.18. The molecule has 8 nitrogen and oxygen atoms in total. The molecule has 1 unspecified atom stereocenters. The van der Waals surface area contributed by atoms with Gasteiger partial charge >= 0.3 is 0 Å². The van der Waals surface area contributed by atoms with Gasteiger partial charge in [0, 0.05) is 19.0 Å². The molecule has 0 aromatic heterocycles. The molecule has 1 atom stereocenters. The fraction of sp³-hybridized carbons (Fsp3) is 0.316. The lowest BCUT2D eigenvalue weighted by atomic mass is 10.0. The fourth-order valence-electron chi connectivity index (χ4n) is 6.04. The number of hydrogen-bond donors (Lipinski definition) is 1. The lowest BCUT2D eigenvalue weighted by Gasteiger charge is -2.34. The SMILES string of the molecule is COc1ccc(N(CC(=O)N(Cc2cccc(C)c2)C(Cc2ccccc2)C(=O)NC2CCCC2)S(=O)(=O)c2ccc(C)cc2)cc1. The minimum atomic E-state index is -4.18. The van der Waals surface area contributed by atoms with Crippen molar-refractivity contribution >= 4 is 27.5 Å². The Morgan fingerprint density at radius 2 is 1.49 bits per heavy atom. The molecule has 0 aliphatic heterocycles. The molecule has 9 heteroatoms. The van der Waals surface area contributed by atoms with Gasteiger partial charge in [0.1, 0.15) is 18.3 Å².